The fourth-order valence-electron chi connectivity index (χ4n) is 0.400. The van der Waals surface area contributed by atoms with Gasteiger partial charge in [-0.25, -0.2) is 0 Å². The van der Waals surface area contributed by atoms with Gasteiger partial charge in [0, 0.05) is 0 Å². The maximum absolute atomic E-state index is 9.93. The molecule has 0 rings (SSSR count). The minimum Gasteiger partial charge on any atom is -0.251 e. The molecule has 0 atom stereocenters. The van der Waals surface area contributed by atoms with Crippen LogP contribution < -0.4 is 0 Å². The molecule has 0 aromatic heterocycles. The summed E-state index contributed by atoms with van der Waals surface area (Å²) in [5.74, 6) is -4.51. The summed E-state index contributed by atoms with van der Waals surface area (Å²) < 4.78 is 0. The van der Waals surface area contributed by atoms with Crippen molar-refractivity contribution in [3.8, 4) is 0 Å². The van der Waals surface area contributed by atoms with Crippen LogP contribution in [0.3, 0.4) is 0 Å². The molecule has 0 N–H and O–H groups in total. The molecule has 0 aliphatic heterocycles. The van der Waals surface area contributed by atoms with E-state index in [0.717, 1.165) is 0 Å². The molecular formula is CN4O9. The SMILES string of the molecule is O=[N+]([O-])OC([N+](=O)[O-])([N+](=O)[O-])[N+](=O)[O-]. The smallest absolute Gasteiger partial charge is 0.251 e. The highest BCUT2D eigenvalue weighted by Crippen LogP contribution is 2.13. The van der Waals surface area contributed by atoms with Gasteiger partial charge in [-0.1, -0.05) is 4.84 Å². The van der Waals surface area contributed by atoms with Gasteiger partial charge < -0.3 is 0 Å². The molecular weight excluding hydrogens is 212 g/mol. The largest absolute Gasteiger partial charge is 0.885 e. The fraction of sp³-hybridized carbons (Fsp3) is 1.00. The quantitative estimate of drug-likeness (QED) is 0.301. The Morgan fingerprint density at radius 1 is 0.786 bits per heavy atom. The predicted molar refractivity (Wildman–Crippen MR) is 31.8 cm³/mol. The van der Waals surface area contributed by atoms with Crippen molar-refractivity contribution in [1.82, 2.24) is 0 Å². The molecule has 13 nitrogen and oxygen atoms in total. The molecule has 0 spiro atoms. The van der Waals surface area contributed by atoms with Crippen LogP contribution in [0.15, 0.2) is 0 Å². The average Bonchev–Trinajstić information content (AvgIpc) is 1.97. The van der Waals surface area contributed by atoms with Crippen molar-refractivity contribution in [2.24, 2.45) is 0 Å². The Morgan fingerprint density at radius 2 is 1.07 bits per heavy atom. The summed E-state index contributed by atoms with van der Waals surface area (Å²) in [7, 11) is 0. The van der Waals surface area contributed by atoms with E-state index in [0.29, 0.717) is 0 Å². The number of rotatable bonds is 5. The first-order valence-electron chi connectivity index (χ1n) is 2.52. The fourth-order valence-corrected chi connectivity index (χ4v) is 0.400. The first-order valence-corrected chi connectivity index (χ1v) is 2.52. The Kier molecular flexibility index (Phi) is 2.78. The van der Waals surface area contributed by atoms with Crippen molar-refractivity contribution in [3.05, 3.63) is 40.5 Å². The third-order valence-electron chi connectivity index (χ3n) is 0.911. The van der Waals surface area contributed by atoms with Crippen molar-refractivity contribution in [2.75, 3.05) is 0 Å². The minimum atomic E-state index is -4.51. The van der Waals surface area contributed by atoms with Crippen LogP contribution in [0.5, 0.6) is 0 Å². The molecule has 0 heterocycles. The maximum Gasteiger partial charge on any atom is 0.885 e. The number of nitro groups is 3. The molecule has 0 aromatic rings. The van der Waals surface area contributed by atoms with Gasteiger partial charge >= 0.3 is 11.1 Å². The third-order valence-corrected chi connectivity index (χ3v) is 0.911. The Bertz CT molecular complexity index is 270. The summed E-state index contributed by atoms with van der Waals surface area (Å²) in [6.45, 7) is 0. The van der Waals surface area contributed by atoms with Gasteiger partial charge in [-0.15, -0.1) is 10.1 Å². The highest BCUT2D eigenvalue weighted by atomic mass is 17.0. The van der Waals surface area contributed by atoms with Crippen molar-refractivity contribution >= 4 is 0 Å². The zero-order chi connectivity index (χ0) is 11.5. The first-order chi connectivity index (χ1) is 6.25. The van der Waals surface area contributed by atoms with E-state index >= 15 is 0 Å². The first kappa shape index (κ1) is 11.4. The highest BCUT2D eigenvalue weighted by molar-refractivity contribution is 4.32. The van der Waals surface area contributed by atoms with Gasteiger partial charge in [0.05, 0.1) is 0 Å². The molecule has 0 bridgehead atoms. The van der Waals surface area contributed by atoms with Gasteiger partial charge in [-0.05, 0) is 0 Å². The minimum absolute atomic E-state index is 1.99. The van der Waals surface area contributed by atoms with E-state index in [4.69, 9.17) is 0 Å². The molecule has 78 valence electrons. The Hall–Kier alpha value is -2.60. The summed E-state index contributed by atoms with van der Waals surface area (Å²) in [6.07, 6.45) is 0. The molecule has 14 heavy (non-hydrogen) atoms. The van der Waals surface area contributed by atoms with E-state index in [1.54, 1.807) is 0 Å². The molecule has 13 heteroatoms. The topological polar surface area (TPSA) is 182 Å². The van der Waals surface area contributed by atoms with Crippen molar-refractivity contribution in [3.63, 3.8) is 0 Å². The van der Waals surface area contributed by atoms with E-state index in [-0.39, 0.29) is 0 Å². The maximum atomic E-state index is 9.93. The second-order valence-electron chi connectivity index (χ2n) is 1.66. The van der Waals surface area contributed by atoms with Crippen LogP contribution in [0.4, 0.5) is 0 Å². The molecule has 0 fully saturated rings. The lowest BCUT2D eigenvalue weighted by Crippen LogP contribution is -2.56. The van der Waals surface area contributed by atoms with Crippen LogP contribution in [-0.4, -0.2) is 25.8 Å². The van der Waals surface area contributed by atoms with Gasteiger partial charge in [0.1, 0.15) is 0 Å². The predicted octanol–water partition coefficient (Wildman–Crippen LogP) is -1.36. The monoisotopic (exact) mass is 212 g/mol. The summed E-state index contributed by atoms with van der Waals surface area (Å²) in [6, 6.07) is 0. The average molecular weight is 212 g/mol. The summed E-state index contributed by atoms with van der Waals surface area (Å²) >= 11 is 0. The Morgan fingerprint density at radius 3 is 1.14 bits per heavy atom. The van der Waals surface area contributed by atoms with E-state index in [9.17, 15) is 40.5 Å². The molecule has 0 saturated heterocycles. The van der Waals surface area contributed by atoms with Gasteiger partial charge in [-0.3, -0.25) is 30.3 Å². The lowest BCUT2D eigenvalue weighted by molar-refractivity contribution is -1.08. The van der Waals surface area contributed by atoms with Gasteiger partial charge in [0.2, 0.25) is 14.8 Å². The zero-order valence-electron chi connectivity index (χ0n) is 5.96. The van der Waals surface area contributed by atoms with Crippen LogP contribution in [-0.2, 0) is 4.84 Å². The number of hydrogen-bond donors (Lipinski definition) is 0. The summed E-state index contributed by atoms with van der Waals surface area (Å²) in [5.41, 5.74) is 0. The van der Waals surface area contributed by atoms with Gasteiger partial charge in [-0.2, -0.15) is 0 Å². The van der Waals surface area contributed by atoms with Crippen molar-refractivity contribution in [1.29, 1.82) is 0 Å². The van der Waals surface area contributed by atoms with Crippen LogP contribution in [0, 0.1) is 40.5 Å². The molecule has 0 unspecified atom stereocenters. The Balaban J connectivity index is 5.38. The van der Waals surface area contributed by atoms with Crippen LogP contribution in [0.2, 0.25) is 0 Å². The second kappa shape index (κ2) is 3.42. The third kappa shape index (κ3) is 1.59. The lowest BCUT2D eigenvalue weighted by atomic mass is 10.8. The highest BCUT2D eigenvalue weighted by Gasteiger charge is 2.77. The van der Waals surface area contributed by atoms with Crippen molar-refractivity contribution in [2.45, 2.75) is 5.97 Å². The molecule has 0 aromatic carbocycles. The van der Waals surface area contributed by atoms with E-state index < -0.39 is 25.8 Å². The number of nitrogens with zero attached hydrogens (tertiary/aromatic N) is 4. The van der Waals surface area contributed by atoms with E-state index in [1.165, 1.54) is 0 Å². The zero-order valence-corrected chi connectivity index (χ0v) is 5.96. The van der Waals surface area contributed by atoms with Crippen LogP contribution in [0.25, 0.3) is 0 Å². The molecule has 0 amide bonds. The lowest BCUT2D eigenvalue weighted by Gasteiger charge is -2.03. The summed E-state index contributed by atoms with van der Waals surface area (Å²) in [4.78, 5) is 35.9. The van der Waals surface area contributed by atoms with E-state index in [2.05, 4.69) is 4.84 Å². The molecule has 0 radical (unpaired) electrons. The molecule has 0 aliphatic rings. The summed E-state index contributed by atoms with van der Waals surface area (Å²) in [5, 5.41) is 37.4. The van der Waals surface area contributed by atoms with Gasteiger partial charge in [0.15, 0.2) is 0 Å². The van der Waals surface area contributed by atoms with E-state index in [1.807, 2.05) is 0 Å². The molecule has 0 saturated carbocycles. The Labute approximate surface area is 72.4 Å². The normalized spacial score (nSPS) is 10.3. The second-order valence-corrected chi connectivity index (χ2v) is 1.66. The van der Waals surface area contributed by atoms with Crippen molar-refractivity contribution < 1.29 is 24.7 Å². The standard InChI is InChI=1S/CN4O9/c6-2(7)1(3(8)9,4(10)11)14-5(12)13. The van der Waals surface area contributed by atoms with Gasteiger partial charge in [0.25, 0.3) is 0 Å². The van der Waals surface area contributed by atoms with Crippen LogP contribution in [0.1, 0.15) is 0 Å². The molecule has 0 aliphatic carbocycles. The number of hydrogen-bond acceptors (Lipinski definition) is 9. The van der Waals surface area contributed by atoms with Crippen LogP contribution >= 0.6 is 0 Å².